The zero-order valence-corrected chi connectivity index (χ0v) is 10.6. The van der Waals surface area contributed by atoms with Crippen LogP contribution in [0.4, 0.5) is 0 Å². The highest BCUT2D eigenvalue weighted by molar-refractivity contribution is 5.98. The minimum absolute atomic E-state index is 0.110. The SMILES string of the molecule is C/C(=N/OC(=O)C1CC12CCC2)c1ccccc1. The van der Waals surface area contributed by atoms with Gasteiger partial charge in [0.15, 0.2) is 0 Å². The lowest BCUT2D eigenvalue weighted by Crippen LogP contribution is -2.19. The number of oxime groups is 1. The van der Waals surface area contributed by atoms with E-state index in [-0.39, 0.29) is 11.9 Å². The highest BCUT2D eigenvalue weighted by Gasteiger charge is 2.62. The predicted octanol–water partition coefficient (Wildman–Crippen LogP) is 3.14. The maximum absolute atomic E-state index is 11.8. The number of benzene rings is 1. The fraction of sp³-hybridized carbons (Fsp3) is 0.467. The zero-order valence-electron chi connectivity index (χ0n) is 10.6. The van der Waals surface area contributed by atoms with Gasteiger partial charge in [0.2, 0.25) is 0 Å². The Hall–Kier alpha value is -1.64. The molecule has 0 radical (unpaired) electrons. The molecule has 0 amide bonds. The highest BCUT2D eigenvalue weighted by Crippen LogP contribution is 2.65. The summed E-state index contributed by atoms with van der Waals surface area (Å²) in [6.45, 7) is 1.86. The summed E-state index contributed by atoms with van der Waals surface area (Å²) in [5.74, 6) is -0.0384. The van der Waals surface area contributed by atoms with Crippen molar-refractivity contribution in [2.45, 2.75) is 32.6 Å². The fourth-order valence-corrected chi connectivity index (χ4v) is 2.77. The number of rotatable bonds is 3. The van der Waals surface area contributed by atoms with Crippen molar-refractivity contribution in [3.63, 3.8) is 0 Å². The van der Waals surface area contributed by atoms with E-state index in [9.17, 15) is 4.79 Å². The molecule has 1 spiro atoms. The summed E-state index contributed by atoms with van der Waals surface area (Å²) in [6.07, 6.45) is 4.64. The standard InChI is InChI=1S/C15H17NO2/c1-11(12-6-3-2-4-7-12)16-18-14(17)13-10-15(13)8-5-9-15/h2-4,6-7,13H,5,8-10H2,1H3/b16-11-. The maximum Gasteiger partial charge on any atom is 0.338 e. The van der Waals surface area contributed by atoms with E-state index in [1.807, 2.05) is 37.3 Å². The molecule has 2 saturated carbocycles. The monoisotopic (exact) mass is 243 g/mol. The van der Waals surface area contributed by atoms with E-state index in [1.54, 1.807) is 0 Å². The van der Waals surface area contributed by atoms with Gasteiger partial charge in [-0.15, -0.1) is 0 Å². The van der Waals surface area contributed by atoms with Gasteiger partial charge in [-0.1, -0.05) is 41.9 Å². The van der Waals surface area contributed by atoms with E-state index in [0.29, 0.717) is 5.41 Å². The minimum Gasteiger partial charge on any atom is -0.318 e. The molecule has 1 aromatic carbocycles. The van der Waals surface area contributed by atoms with Gasteiger partial charge in [-0.05, 0) is 37.2 Å². The largest absolute Gasteiger partial charge is 0.338 e. The van der Waals surface area contributed by atoms with Gasteiger partial charge in [-0.2, -0.15) is 0 Å². The van der Waals surface area contributed by atoms with Crippen LogP contribution in [0.1, 0.15) is 38.2 Å². The molecule has 18 heavy (non-hydrogen) atoms. The van der Waals surface area contributed by atoms with Crippen LogP contribution < -0.4 is 0 Å². The number of nitrogens with zero attached hydrogens (tertiary/aromatic N) is 1. The van der Waals surface area contributed by atoms with E-state index in [1.165, 1.54) is 19.3 Å². The van der Waals surface area contributed by atoms with E-state index in [0.717, 1.165) is 17.7 Å². The van der Waals surface area contributed by atoms with Crippen LogP contribution in [-0.4, -0.2) is 11.7 Å². The van der Waals surface area contributed by atoms with E-state index >= 15 is 0 Å². The molecular formula is C15H17NO2. The van der Waals surface area contributed by atoms with Crippen LogP contribution in [0.2, 0.25) is 0 Å². The Bertz CT molecular complexity index is 488. The van der Waals surface area contributed by atoms with Gasteiger partial charge in [0, 0.05) is 0 Å². The molecule has 2 aliphatic rings. The molecular weight excluding hydrogens is 226 g/mol. The summed E-state index contributed by atoms with van der Waals surface area (Å²) >= 11 is 0. The number of hydrogen-bond acceptors (Lipinski definition) is 3. The first kappa shape index (κ1) is 11.5. The van der Waals surface area contributed by atoms with Crippen LogP contribution in [0.25, 0.3) is 0 Å². The van der Waals surface area contributed by atoms with Gasteiger partial charge in [0.05, 0.1) is 11.6 Å². The van der Waals surface area contributed by atoms with Crippen molar-refractivity contribution < 1.29 is 9.63 Å². The molecule has 1 atom stereocenters. The van der Waals surface area contributed by atoms with E-state index < -0.39 is 0 Å². The van der Waals surface area contributed by atoms with Crippen LogP contribution in [0.3, 0.4) is 0 Å². The maximum atomic E-state index is 11.8. The van der Waals surface area contributed by atoms with Crippen molar-refractivity contribution in [3.8, 4) is 0 Å². The lowest BCUT2D eigenvalue weighted by atomic mass is 9.80. The third-order valence-corrected chi connectivity index (χ3v) is 4.29. The van der Waals surface area contributed by atoms with Gasteiger partial charge >= 0.3 is 5.97 Å². The van der Waals surface area contributed by atoms with Crippen LogP contribution in [0.15, 0.2) is 35.5 Å². The third kappa shape index (κ3) is 1.94. The number of hydrogen-bond donors (Lipinski definition) is 0. The van der Waals surface area contributed by atoms with Crippen LogP contribution in [-0.2, 0) is 9.63 Å². The van der Waals surface area contributed by atoms with Crippen molar-refractivity contribution in [2.75, 3.05) is 0 Å². The normalized spacial score (nSPS) is 24.5. The molecule has 0 saturated heterocycles. The number of carbonyl (C=O) groups excluding carboxylic acids is 1. The minimum atomic E-state index is -0.148. The summed E-state index contributed by atoms with van der Waals surface area (Å²) < 4.78 is 0. The Morgan fingerprint density at radius 1 is 1.33 bits per heavy atom. The van der Waals surface area contributed by atoms with Crippen molar-refractivity contribution in [3.05, 3.63) is 35.9 Å². The van der Waals surface area contributed by atoms with Crippen LogP contribution >= 0.6 is 0 Å². The first-order valence-electron chi connectivity index (χ1n) is 6.52. The van der Waals surface area contributed by atoms with E-state index in [2.05, 4.69) is 5.16 Å². The molecule has 2 fully saturated rings. The van der Waals surface area contributed by atoms with Gasteiger partial charge in [-0.25, -0.2) is 4.79 Å². The van der Waals surface area contributed by atoms with Gasteiger partial charge in [-0.3, -0.25) is 0 Å². The van der Waals surface area contributed by atoms with Gasteiger partial charge in [0.1, 0.15) is 0 Å². The first-order chi connectivity index (χ1) is 8.71. The molecule has 0 aliphatic heterocycles. The second kappa shape index (κ2) is 4.23. The topological polar surface area (TPSA) is 38.7 Å². The molecule has 2 aliphatic carbocycles. The molecule has 0 heterocycles. The Balaban J connectivity index is 1.59. The number of carbonyl (C=O) groups is 1. The van der Waals surface area contributed by atoms with Crippen molar-refractivity contribution in [1.82, 2.24) is 0 Å². The van der Waals surface area contributed by atoms with Crippen molar-refractivity contribution in [1.29, 1.82) is 0 Å². The highest BCUT2D eigenvalue weighted by atomic mass is 16.7. The third-order valence-electron chi connectivity index (χ3n) is 4.29. The molecule has 3 heteroatoms. The molecule has 0 aromatic heterocycles. The Labute approximate surface area is 107 Å². The summed E-state index contributed by atoms with van der Waals surface area (Å²) in [5, 5.41) is 3.95. The van der Waals surface area contributed by atoms with Crippen LogP contribution in [0.5, 0.6) is 0 Å². The molecule has 3 nitrogen and oxygen atoms in total. The molecule has 0 bridgehead atoms. The zero-order chi connectivity index (χ0) is 12.6. The average molecular weight is 243 g/mol. The van der Waals surface area contributed by atoms with Crippen molar-refractivity contribution in [2.24, 2.45) is 16.5 Å². The summed E-state index contributed by atoms with van der Waals surface area (Å²) in [4.78, 5) is 16.9. The second-order valence-electron chi connectivity index (χ2n) is 5.43. The summed E-state index contributed by atoms with van der Waals surface area (Å²) in [5.41, 5.74) is 2.04. The van der Waals surface area contributed by atoms with Crippen LogP contribution in [0, 0.1) is 11.3 Å². The van der Waals surface area contributed by atoms with Gasteiger partial charge in [0.25, 0.3) is 0 Å². The Morgan fingerprint density at radius 2 is 2.06 bits per heavy atom. The second-order valence-corrected chi connectivity index (χ2v) is 5.43. The fourth-order valence-electron chi connectivity index (χ4n) is 2.77. The molecule has 1 unspecified atom stereocenters. The Kier molecular flexibility index (Phi) is 2.69. The molecule has 94 valence electrons. The quantitative estimate of drug-likeness (QED) is 0.464. The van der Waals surface area contributed by atoms with Crippen molar-refractivity contribution >= 4 is 11.7 Å². The van der Waals surface area contributed by atoms with Gasteiger partial charge < -0.3 is 4.84 Å². The first-order valence-corrected chi connectivity index (χ1v) is 6.52. The smallest absolute Gasteiger partial charge is 0.318 e. The Morgan fingerprint density at radius 3 is 2.61 bits per heavy atom. The molecule has 1 aromatic rings. The summed E-state index contributed by atoms with van der Waals surface area (Å²) in [6, 6.07) is 9.75. The molecule has 3 rings (SSSR count). The van der Waals surface area contributed by atoms with E-state index in [4.69, 9.17) is 4.84 Å². The lowest BCUT2D eigenvalue weighted by Gasteiger charge is -2.25. The summed E-state index contributed by atoms with van der Waals surface area (Å²) in [7, 11) is 0. The lowest BCUT2D eigenvalue weighted by molar-refractivity contribution is -0.146. The predicted molar refractivity (Wildman–Crippen MR) is 69.1 cm³/mol. The average Bonchev–Trinajstić information content (AvgIpc) is 3.12. The molecule has 0 N–H and O–H groups in total.